The third-order valence-electron chi connectivity index (χ3n) is 2.04. The molecule has 0 saturated carbocycles. The highest BCUT2D eigenvalue weighted by Crippen LogP contribution is 2.11. The summed E-state index contributed by atoms with van der Waals surface area (Å²) in [5.74, 6) is 1.94. The van der Waals surface area contributed by atoms with Crippen LogP contribution in [0.5, 0.6) is 0 Å². The van der Waals surface area contributed by atoms with E-state index in [0.29, 0.717) is 0 Å². The Morgan fingerprint density at radius 3 is 2.50 bits per heavy atom. The smallest absolute Gasteiger partial charge is 0.0926 e. The summed E-state index contributed by atoms with van der Waals surface area (Å²) >= 11 is 0. The minimum absolute atomic E-state index is 0.221. The molecular weight excluding hydrogens is 200 g/mol. The second kappa shape index (κ2) is 9.32. The Labute approximate surface area is 100 Å². The van der Waals surface area contributed by atoms with Gasteiger partial charge in [0.1, 0.15) is 0 Å². The molecule has 0 aromatic rings. The molecule has 0 aliphatic heterocycles. The third kappa shape index (κ3) is 8.39. The van der Waals surface area contributed by atoms with E-state index in [-0.39, 0.29) is 6.10 Å². The second-order valence-electron chi connectivity index (χ2n) is 4.12. The van der Waals surface area contributed by atoms with Gasteiger partial charge in [-0.05, 0) is 32.8 Å². The number of rotatable bonds is 9. The molecule has 0 unspecified atom stereocenters. The van der Waals surface area contributed by atoms with Crippen molar-refractivity contribution in [3.63, 3.8) is 0 Å². The van der Waals surface area contributed by atoms with Gasteiger partial charge in [0.25, 0.3) is 0 Å². The molecule has 0 aliphatic carbocycles. The molecule has 0 N–H and O–H groups in total. The first-order valence-corrected chi connectivity index (χ1v) is 6.26. The molecule has 0 heterocycles. The van der Waals surface area contributed by atoms with Gasteiger partial charge < -0.3 is 9.47 Å². The van der Waals surface area contributed by atoms with Gasteiger partial charge in [0.2, 0.25) is 0 Å². The van der Waals surface area contributed by atoms with E-state index in [1.54, 1.807) is 0 Å². The van der Waals surface area contributed by atoms with Crippen LogP contribution in [0.2, 0.25) is 0 Å². The van der Waals surface area contributed by atoms with Crippen molar-refractivity contribution in [3.05, 3.63) is 24.2 Å². The largest absolute Gasteiger partial charge is 0.498 e. The SMILES string of the molecule is C=C(CCC=C(CC)OCCC)OC(C)C. The standard InChI is InChI=1S/C14H26O2/c1-6-11-15-14(7-2)10-8-9-13(5)16-12(3)4/h10,12H,5-9,11H2,1-4H3. The van der Waals surface area contributed by atoms with Crippen LogP contribution in [-0.4, -0.2) is 12.7 Å². The van der Waals surface area contributed by atoms with Gasteiger partial charge >= 0.3 is 0 Å². The Balaban J connectivity index is 3.81. The van der Waals surface area contributed by atoms with Gasteiger partial charge in [-0.2, -0.15) is 0 Å². The monoisotopic (exact) mass is 226 g/mol. The van der Waals surface area contributed by atoms with Crippen LogP contribution in [0.3, 0.4) is 0 Å². The Kier molecular flexibility index (Phi) is 8.78. The summed E-state index contributed by atoms with van der Waals surface area (Å²) in [6.07, 6.45) is 6.19. The number of hydrogen-bond donors (Lipinski definition) is 0. The summed E-state index contributed by atoms with van der Waals surface area (Å²) in [6.45, 7) is 13.0. The van der Waals surface area contributed by atoms with Gasteiger partial charge in [0.15, 0.2) is 0 Å². The Morgan fingerprint density at radius 2 is 2.00 bits per heavy atom. The molecule has 0 aliphatic rings. The molecule has 0 radical (unpaired) electrons. The molecule has 94 valence electrons. The summed E-state index contributed by atoms with van der Waals surface area (Å²) in [7, 11) is 0. The van der Waals surface area contributed by atoms with Crippen LogP contribution < -0.4 is 0 Å². The quantitative estimate of drug-likeness (QED) is 0.542. The molecule has 0 aromatic heterocycles. The van der Waals surface area contributed by atoms with Crippen molar-refractivity contribution in [3.8, 4) is 0 Å². The zero-order chi connectivity index (χ0) is 12.4. The van der Waals surface area contributed by atoms with Crippen LogP contribution in [0.1, 0.15) is 53.4 Å². The van der Waals surface area contributed by atoms with Crippen LogP contribution in [0.15, 0.2) is 24.2 Å². The molecule has 0 aromatic carbocycles. The van der Waals surface area contributed by atoms with E-state index in [9.17, 15) is 0 Å². The predicted octanol–water partition coefficient (Wildman–Crippen LogP) is 4.43. The van der Waals surface area contributed by atoms with Gasteiger partial charge in [-0.1, -0.05) is 20.4 Å². The van der Waals surface area contributed by atoms with E-state index in [1.807, 2.05) is 13.8 Å². The predicted molar refractivity (Wildman–Crippen MR) is 69.2 cm³/mol. The van der Waals surface area contributed by atoms with Crippen LogP contribution in [0.4, 0.5) is 0 Å². The fraction of sp³-hybridized carbons (Fsp3) is 0.714. The minimum atomic E-state index is 0.221. The summed E-state index contributed by atoms with van der Waals surface area (Å²) in [4.78, 5) is 0. The van der Waals surface area contributed by atoms with Crippen molar-refractivity contribution in [2.75, 3.05) is 6.61 Å². The fourth-order valence-corrected chi connectivity index (χ4v) is 1.32. The maximum Gasteiger partial charge on any atom is 0.0926 e. The summed E-state index contributed by atoms with van der Waals surface area (Å²) < 4.78 is 11.1. The van der Waals surface area contributed by atoms with Gasteiger partial charge in [-0.3, -0.25) is 0 Å². The molecule has 0 bridgehead atoms. The average molecular weight is 226 g/mol. The van der Waals surface area contributed by atoms with E-state index in [4.69, 9.17) is 9.47 Å². The Bertz CT molecular complexity index is 217. The molecule has 16 heavy (non-hydrogen) atoms. The highest BCUT2D eigenvalue weighted by Gasteiger charge is 1.99. The lowest BCUT2D eigenvalue weighted by Crippen LogP contribution is -2.01. The van der Waals surface area contributed by atoms with Crippen LogP contribution in [0.25, 0.3) is 0 Å². The normalized spacial score (nSPS) is 11.7. The topological polar surface area (TPSA) is 18.5 Å². The highest BCUT2D eigenvalue weighted by molar-refractivity contribution is 4.95. The minimum Gasteiger partial charge on any atom is -0.498 e. The van der Waals surface area contributed by atoms with Gasteiger partial charge in [-0.25, -0.2) is 0 Å². The van der Waals surface area contributed by atoms with Crippen molar-refractivity contribution < 1.29 is 9.47 Å². The van der Waals surface area contributed by atoms with E-state index in [2.05, 4.69) is 26.5 Å². The van der Waals surface area contributed by atoms with E-state index >= 15 is 0 Å². The molecule has 2 nitrogen and oxygen atoms in total. The van der Waals surface area contributed by atoms with E-state index in [1.165, 1.54) is 0 Å². The number of hydrogen-bond acceptors (Lipinski definition) is 2. The molecule has 2 heteroatoms. The van der Waals surface area contributed by atoms with Crippen molar-refractivity contribution in [1.29, 1.82) is 0 Å². The number of ether oxygens (including phenoxy) is 2. The molecule has 0 atom stereocenters. The summed E-state index contributed by atoms with van der Waals surface area (Å²) in [5.41, 5.74) is 0. The zero-order valence-electron chi connectivity index (χ0n) is 11.2. The number of allylic oxidation sites excluding steroid dienone is 3. The fourth-order valence-electron chi connectivity index (χ4n) is 1.32. The first-order chi connectivity index (χ1) is 7.60. The average Bonchev–Trinajstić information content (AvgIpc) is 2.22. The van der Waals surface area contributed by atoms with Gasteiger partial charge in [0.05, 0.1) is 24.2 Å². The van der Waals surface area contributed by atoms with Crippen LogP contribution >= 0.6 is 0 Å². The van der Waals surface area contributed by atoms with Crippen LogP contribution in [-0.2, 0) is 9.47 Å². The molecule has 0 saturated heterocycles. The highest BCUT2D eigenvalue weighted by atomic mass is 16.5. The first-order valence-electron chi connectivity index (χ1n) is 6.26. The van der Waals surface area contributed by atoms with Crippen molar-refractivity contribution >= 4 is 0 Å². The Morgan fingerprint density at radius 1 is 1.31 bits per heavy atom. The second-order valence-corrected chi connectivity index (χ2v) is 4.12. The maximum atomic E-state index is 5.59. The zero-order valence-corrected chi connectivity index (χ0v) is 11.2. The lowest BCUT2D eigenvalue weighted by atomic mass is 10.2. The molecule has 0 spiro atoms. The van der Waals surface area contributed by atoms with E-state index in [0.717, 1.165) is 43.8 Å². The van der Waals surface area contributed by atoms with Crippen molar-refractivity contribution in [2.24, 2.45) is 0 Å². The first kappa shape index (κ1) is 15.1. The lowest BCUT2D eigenvalue weighted by molar-refractivity contribution is 0.141. The molecule has 0 amide bonds. The van der Waals surface area contributed by atoms with Crippen molar-refractivity contribution in [1.82, 2.24) is 0 Å². The Hall–Kier alpha value is -0.920. The summed E-state index contributed by atoms with van der Waals surface area (Å²) in [6, 6.07) is 0. The van der Waals surface area contributed by atoms with Crippen LogP contribution in [0, 0.1) is 0 Å². The molecule has 0 rings (SSSR count). The maximum absolute atomic E-state index is 5.59. The van der Waals surface area contributed by atoms with Gasteiger partial charge in [-0.15, -0.1) is 0 Å². The summed E-state index contributed by atoms with van der Waals surface area (Å²) in [5, 5.41) is 0. The molecular formula is C14H26O2. The third-order valence-corrected chi connectivity index (χ3v) is 2.04. The molecule has 0 fully saturated rings. The van der Waals surface area contributed by atoms with Crippen molar-refractivity contribution in [2.45, 2.75) is 59.5 Å². The lowest BCUT2D eigenvalue weighted by Gasteiger charge is -2.12. The van der Waals surface area contributed by atoms with Gasteiger partial charge in [0, 0.05) is 12.8 Å². The van der Waals surface area contributed by atoms with E-state index < -0.39 is 0 Å².